The van der Waals surface area contributed by atoms with Gasteiger partial charge in [0.1, 0.15) is 11.3 Å². The lowest BCUT2D eigenvalue weighted by molar-refractivity contribution is -0.117. The van der Waals surface area contributed by atoms with Crippen molar-refractivity contribution < 1.29 is 33.8 Å². The van der Waals surface area contributed by atoms with Crippen molar-refractivity contribution in [1.82, 2.24) is 0 Å². The van der Waals surface area contributed by atoms with E-state index in [1.54, 1.807) is 60.7 Å². The number of Topliss-reactive ketones (excluding diaryl/α,β-unsaturated/α-hetero) is 1. The molecule has 0 bridgehead atoms. The van der Waals surface area contributed by atoms with E-state index in [-0.39, 0.29) is 34.9 Å². The number of fused-ring (bicyclic) bond motifs is 1. The van der Waals surface area contributed by atoms with Crippen molar-refractivity contribution in [3.05, 3.63) is 107 Å². The molecule has 2 N–H and O–H groups in total. The molecule has 3 aromatic carbocycles. The van der Waals surface area contributed by atoms with Gasteiger partial charge in [0, 0.05) is 11.1 Å². The molecule has 1 unspecified atom stereocenters. The number of amides is 1. The second kappa shape index (κ2) is 9.66. The summed E-state index contributed by atoms with van der Waals surface area (Å²) in [6, 6.07) is 19.8. The van der Waals surface area contributed by atoms with E-state index >= 15 is 0 Å². The predicted molar refractivity (Wildman–Crippen MR) is 136 cm³/mol. The van der Waals surface area contributed by atoms with Crippen molar-refractivity contribution in [2.75, 3.05) is 11.5 Å². The molecule has 0 saturated heterocycles. The second-order valence-corrected chi connectivity index (χ2v) is 8.60. The third kappa shape index (κ3) is 4.33. The van der Waals surface area contributed by atoms with Crippen molar-refractivity contribution in [3.63, 3.8) is 0 Å². The van der Waals surface area contributed by atoms with Crippen LogP contribution in [0.3, 0.4) is 0 Å². The Bertz CT molecular complexity index is 1520. The number of phenols is 1. The van der Waals surface area contributed by atoms with E-state index in [0.29, 0.717) is 23.0 Å². The molecule has 1 aliphatic rings. The molecule has 0 fully saturated rings. The average molecular weight is 498 g/mol. The molecule has 1 amide bonds. The molecule has 1 aromatic heterocycles. The Morgan fingerprint density at radius 3 is 2.46 bits per heavy atom. The van der Waals surface area contributed by atoms with Crippen LogP contribution in [0.5, 0.6) is 5.75 Å². The highest BCUT2D eigenvalue weighted by Gasteiger charge is 2.45. The zero-order valence-corrected chi connectivity index (χ0v) is 19.9. The first-order valence-corrected chi connectivity index (χ1v) is 11.7. The van der Waals surface area contributed by atoms with Gasteiger partial charge in [0.25, 0.3) is 5.91 Å². The molecule has 8 nitrogen and oxygen atoms in total. The van der Waals surface area contributed by atoms with Crippen LogP contribution in [0, 0.1) is 0 Å². The van der Waals surface area contributed by atoms with Gasteiger partial charge in [-0.1, -0.05) is 43.3 Å². The van der Waals surface area contributed by atoms with E-state index < -0.39 is 29.5 Å². The zero-order chi connectivity index (χ0) is 26.1. The quantitative estimate of drug-likeness (QED) is 0.256. The monoisotopic (exact) mass is 497 g/mol. The van der Waals surface area contributed by atoms with Crippen molar-refractivity contribution in [3.8, 4) is 5.75 Å². The fraction of sp³-hybridized carbons (Fsp3) is 0.138. The number of esters is 1. The van der Waals surface area contributed by atoms with Crippen molar-refractivity contribution in [1.29, 1.82) is 0 Å². The third-order valence-electron chi connectivity index (χ3n) is 6.11. The van der Waals surface area contributed by atoms with Crippen molar-refractivity contribution in [2.45, 2.75) is 19.4 Å². The number of carbonyl (C=O) groups is 3. The standard InChI is InChI=1S/C29H23NO7/c1-2-14-36-29(35)19-7-5-8-20(15-19)30-25(17-10-12-21(31)13-11-17)24(27(33)28(30)34)26(32)23-16-18-6-3-4-9-22(18)37-23/h3-13,15-16,25,31,33H,2,14H2,1H3. The van der Waals surface area contributed by atoms with Crippen molar-refractivity contribution >= 4 is 34.3 Å². The number of nitrogens with zero attached hydrogens (tertiary/aromatic N) is 1. The Morgan fingerprint density at radius 1 is 0.973 bits per heavy atom. The molecule has 37 heavy (non-hydrogen) atoms. The van der Waals surface area contributed by atoms with Crippen LogP contribution >= 0.6 is 0 Å². The lowest BCUT2D eigenvalue weighted by atomic mass is 9.94. The van der Waals surface area contributed by atoms with Gasteiger partial charge in [-0.3, -0.25) is 14.5 Å². The number of hydrogen-bond acceptors (Lipinski definition) is 7. The number of ketones is 1. The molecule has 0 aliphatic carbocycles. The SMILES string of the molecule is CCCOC(=O)c1cccc(N2C(=O)C(O)=C(C(=O)c3cc4ccccc4o3)C2c2ccc(O)cc2)c1. The molecule has 0 radical (unpaired) electrons. The number of furan rings is 1. The highest BCUT2D eigenvalue weighted by Crippen LogP contribution is 2.42. The fourth-order valence-electron chi connectivity index (χ4n) is 4.36. The number of hydrogen-bond donors (Lipinski definition) is 2. The number of benzene rings is 3. The maximum Gasteiger partial charge on any atom is 0.338 e. The maximum absolute atomic E-state index is 13.7. The molecular formula is C29H23NO7. The summed E-state index contributed by atoms with van der Waals surface area (Å²) in [6.45, 7) is 2.13. The van der Waals surface area contributed by atoms with Crippen LogP contribution < -0.4 is 4.90 Å². The van der Waals surface area contributed by atoms with Gasteiger partial charge >= 0.3 is 5.97 Å². The molecule has 0 saturated carbocycles. The van der Waals surface area contributed by atoms with Gasteiger partial charge in [0.2, 0.25) is 5.78 Å². The summed E-state index contributed by atoms with van der Waals surface area (Å²) in [6.07, 6.45) is 0.657. The van der Waals surface area contributed by atoms with Crippen LogP contribution in [0.2, 0.25) is 0 Å². The first-order valence-electron chi connectivity index (χ1n) is 11.7. The number of carbonyl (C=O) groups excluding carboxylic acids is 3. The summed E-state index contributed by atoms with van der Waals surface area (Å²) in [5.74, 6) is -2.76. The van der Waals surface area contributed by atoms with Crippen LogP contribution in [0.25, 0.3) is 11.0 Å². The normalized spacial score (nSPS) is 15.4. The molecule has 1 atom stereocenters. The van der Waals surface area contributed by atoms with Crippen molar-refractivity contribution in [2.24, 2.45) is 0 Å². The second-order valence-electron chi connectivity index (χ2n) is 8.60. The summed E-state index contributed by atoms with van der Waals surface area (Å²) in [4.78, 5) is 40.8. The number of ether oxygens (including phenoxy) is 1. The van der Waals surface area contributed by atoms with Crippen LogP contribution in [0.4, 0.5) is 5.69 Å². The molecule has 4 aromatic rings. The smallest absolute Gasteiger partial charge is 0.338 e. The molecule has 2 heterocycles. The molecule has 5 rings (SSSR count). The third-order valence-corrected chi connectivity index (χ3v) is 6.11. The van der Waals surface area contributed by atoms with Crippen LogP contribution in [-0.2, 0) is 9.53 Å². The van der Waals surface area contributed by atoms with E-state index in [2.05, 4.69) is 0 Å². The topological polar surface area (TPSA) is 117 Å². The Hall–Kier alpha value is -4.85. The molecule has 186 valence electrons. The van der Waals surface area contributed by atoms with Crippen LogP contribution in [0.1, 0.15) is 45.9 Å². The summed E-state index contributed by atoms with van der Waals surface area (Å²) in [5, 5.41) is 21.5. The number of rotatable bonds is 7. The zero-order valence-electron chi connectivity index (χ0n) is 19.9. The van der Waals surface area contributed by atoms with Gasteiger partial charge in [-0.2, -0.15) is 0 Å². The molecule has 8 heteroatoms. The van der Waals surface area contributed by atoms with Gasteiger partial charge in [-0.05, 0) is 54.4 Å². The van der Waals surface area contributed by atoms with Gasteiger partial charge in [-0.15, -0.1) is 0 Å². The largest absolute Gasteiger partial charge is 0.508 e. The summed E-state index contributed by atoms with van der Waals surface area (Å²) in [5.41, 5.74) is 1.29. The average Bonchev–Trinajstić information content (AvgIpc) is 3.46. The lowest BCUT2D eigenvalue weighted by Crippen LogP contribution is -2.31. The first-order chi connectivity index (χ1) is 17.9. The number of aromatic hydroxyl groups is 1. The number of aliphatic hydroxyl groups is 1. The van der Waals surface area contributed by atoms with E-state index in [0.717, 1.165) is 0 Å². The lowest BCUT2D eigenvalue weighted by Gasteiger charge is -2.27. The molecular weight excluding hydrogens is 474 g/mol. The summed E-state index contributed by atoms with van der Waals surface area (Å²) >= 11 is 0. The summed E-state index contributed by atoms with van der Waals surface area (Å²) in [7, 11) is 0. The van der Waals surface area contributed by atoms with Crippen LogP contribution in [0.15, 0.2) is 94.6 Å². The van der Waals surface area contributed by atoms with E-state index in [9.17, 15) is 24.6 Å². The van der Waals surface area contributed by atoms with E-state index in [1.807, 2.05) is 6.92 Å². The minimum atomic E-state index is -1.05. The van der Waals surface area contributed by atoms with Gasteiger partial charge < -0.3 is 19.4 Å². The summed E-state index contributed by atoms with van der Waals surface area (Å²) < 4.78 is 10.9. The number of para-hydroxylation sites is 1. The predicted octanol–water partition coefficient (Wildman–Crippen LogP) is 5.49. The minimum absolute atomic E-state index is 0.00125. The van der Waals surface area contributed by atoms with Gasteiger partial charge in [0.05, 0.1) is 23.8 Å². The maximum atomic E-state index is 13.7. The van der Waals surface area contributed by atoms with Crippen LogP contribution in [-0.4, -0.2) is 34.5 Å². The van der Waals surface area contributed by atoms with E-state index in [4.69, 9.17) is 9.15 Å². The van der Waals surface area contributed by atoms with Gasteiger partial charge in [-0.25, -0.2) is 4.79 Å². The highest BCUT2D eigenvalue weighted by atomic mass is 16.5. The first kappa shape index (κ1) is 23.9. The number of phenolic OH excluding ortho intramolecular Hbond substituents is 1. The number of aliphatic hydroxyl groups excluding tert-OH is 1. The Morgan fingerprint density at radius 2 is 1.73 bits per heavy atom. The Labute approximate surface area is 212 Å². The van der Waals surface area contributed by atoms with Gasteiger partial charge in [0.15, 0.2) is 11.5 Å². The molecule has 0 spiro atoms. The fourth-order valence-corrected chi connectivity index (χ4v) is 4.36. The van der Waals surface area contributed by atoms with E-state index in [1.165, 1.54) is 23.1 Å². The minimum Gasteiger partial charge on any atom is -0.508 e. The number of anilines is 1. The highest BCUT2D eigenvalue weighted by molar-refractivity contribution is 6.20. The Balaban J connectivity index is 1.61. The molecule has 1 aliphatic heterocycles. The Kier molecular flexibility index (Phi) is 6.23.